The van der Waals surface area contributed by atoms with Crippen molar-refractivity contribution >= 4 is 5.78 Å². The number of Topliss-reactive ketones (excluding diaryl/α,β-unsaturated/α-hetero) is 1. The van der Waals surface area contributed by atoms with Crippen LogP contribution >= 0.6 is 0 Å². The van der Waals surface area contributed by atoms with Gasteiger partial charge >= 0.3 is 0 Å². The molecular formula is C15H23NO2. The zero-order valence-electron chi connectivity index (χ0n) is 11.7. The summed E-state index contributed by atoms with van der Waals surface area (Å²) < 4.78 is 5.67. The van der Waals surface area contributed by atoms with E-state index in [9.17, 15) is 4.79 Å². The van der Waals surface area contributed by atoms with Gasteiger partial charge in [-0.15, -0.1) is 0 Å². The van der Waals surface area contributed by atoms with Crippen LogP contribution in [-0.4, -0.2) is 24.5 Å². The Morgan fingerprint density at radius 1 is 1.28 bits per heavy atom. The number of ketones is 1. The Labute approximate surface area is 110 Å². The number of hydrogen-bond acceptors (Lipinski definition) is 3. The molecular weight excluding hydrogens is 226 g/mol. The molecule has 0 spiro atoms. The standard InChI is InChI=1S/C15H23NO2/c1-5-16-12(4)10-14(17)13-8-6-7-9-15(13)18-11(2)3/h6-9,11-12,16H,5,10H2,1-4H3. The molecule has 1 aromatic carbocycles. The molecule has 0 aliphatic rings. The van der Waals surface area contributed by atoms with Gasteiger partial charge in [0.2, 0.25) is 0 Å². The lowest BCUT2D eigenvalue weighted by Crippen LogP contribution is -2.28. The predicted molar refractivity (Wildman–Crippen MR) is 74.3 cm³/mol. The summed E-state index contributed by atoms with van der Waals surface area (Å²) in [4.78, 5) is 12.2. The summed E-state index contributed by atoms with van der Waals surface area (Å²) in [6.07, 6.45) is 0.567. The van der Waals surface area contributed by atoms with Crippen LogP contribution in [0.1, 0.15) is 44.5 Å². The van der Waals surface area contributed by atoms with E-state index < -0.39 is 0 Å². The van der Waals surface area contributed by atoms with E-state index in [1.807, 2.05) is 52.0 Å². The highest BCUT2D eigenvalue weighted by molar-refractivity contribution is 5.98. The molecule has 0 saturated carbocycles. The third-order valence-electron chi connectivity index (χ3n) is 2.59. The molecule has 1 aromatic rings. The maximum atomic E-state index is 12.2. The van der Waals surface area contributed by atoms with Crippen molar-refractivity contribution in [1.29, 1.82) is 0 Å². The highest BCUT2D eigenvalue weighted by Gasteiger charge is 2.15. The highest BCUT2D eigenvalue weighted by atomic mass is 16.5. The minimum Gasteiger partial charge on any atom is -0.490 e. The molecule has 100 valence electrons. The molecule has 3 nitrogen and oxygen atoms in total. The number of nitrogens with one attached hydrogen (secondary N) is 1. The minimum absolute atomic E-state index is 0.0742. The second-order valence-corrected chi connectivity index (χ2v) is 4.75. The molecule has 18 heavy (non-hydrogen) atoms. The van der Waals surface area contributed by atoms with Crippen LogP contribution in [0.15, 0.2) is 24.3 Å². The van der Waals surface area contributed by atoms with Gasteiger partial charge in [-0.05, 0) is 39.4 Å². The number of ether oxygens (including phenoxy) is 1. The van der Waals surface area contributed by atoms with E-state index in [-0.39, 0.29) is 17.9 Å². The second-order valence-electron chi connectivity index (χ2n) is 4.75. The van der Waals surface area contributed by atoms with Gasteiger partial charge in [0.05, 0.1) is 11.7 Å². The first-order valence-electron chi connectivity index (χ1n) is 6.56. The Morgan fingerprint density at radius 3 is 2.56 bits per heavy atom. The molecule has 0 saturated heterocycles. The molecule has 0 amide bonds. The molecule has 0 fully saturated rings. The van der Waals surface area contributed by atoms with Crippen molar-refractivity contribution in [3.8, 4) is 5.75 Å². The van der Waals surface area contributed by atoms with Gasteiger partial charge in [0.25, 0.3) is 0 Å². The summed E-state index contributed by atoms with van der Waals surface area (Å²) in [6, 6.07) is 7.64. The van der Waals surface area contributed by atoms with Crippen LogP contribution in [0.5, 0.6) is 5.75 Å². The number of carbonyl (C=O) groups excluding carboxylic acids is 1. The van der Waals surface area contributed by atoms with Crippen molar-refractivity contribution in [2.24, 2.45) is 0 Å². The van der Waals surface area contributed by atoms with Crippen LogP contribution < -0.4 is 10.1 Å². The first-order valence-corrected chi connectivity index (χ1v) is 6.56. The summed E-state index contributed by atoms with van der Waals surface area (Å²) in [6.45, 7) is 8.85. The van der Waals surface area contributed by atoms with E-state index in [0.717, 1.165) is 6.54 Å². The van der Waals surface area contributed by atoms with Crippen LogP contribution in [0.2, 0.25) is 0 Å². The smallest absolute Gasteiger partial charge is 0.168 e. The summed E-state index contributed by atoms with van der Waals surface area (Å²) in [5.74, 6) is 0.806. The largest absolute Gasteiger partial charge is 0.490 e. The van der Waals surface area contributed by atoms with Crippen LogP contribution in [0, 0.1) is 0 Å². The zero-order chi connectivity index (χ0) is 13.5. The van der Waals surface area contributed by atoms with Gasteiger partial charge in [0, 0.05) is 12.5 Å². The van der Waals surface area contributed by atoms with Crippen molar-refractivity contribution in [1.82, 2.24) is 5.32 Å². The van der Waals surface area contributed by atoms with Gasteiger partial charge in [0.1, 0.15) is 5.75 Å². The zero-order valence-corrected chi connectivity index (χ0v) is 11.7. The van der Waals surface area contributed by atoms with Gasteiger partial charge in [0.15, 0.2) is 5.78 Å². The summed E-state index contributed by atoms with van der Waals surface area (Å²) in [7, 11) is 0. The molecule has 0 bridgehead atoms. The first kappa shape index (κ1) is 14.7. The van der Waals surface area contributed by atoms with E-state index in [2.05, 4.69) is 5.32 Å². The van der Waals surface area contributed by atoms with Gasteiger partial charge < -0.3 is 10.1 Å². The summed E-state index contributed by atoms with van der Waals surface area (Å²) in [5, 5.41) is 3.24. The van der Waals surface area contributed by atoms with Crippen molar-refractivity contribution in [3.63, 3.8) is 0 Å². The Balaban J connectivity index is 2.78. The van der Waals surface area contributed by atoms with E-state index in [0.29, 0.717) is 17.7 Å². The SMILES string of the molecule is CCNC(C)CC(=O)c1ccccc1OC(C)C. The Hall–Kier alpha value is -1.35. The second kappa shape index (κ2) is 7.17. The molecule has 0 aliphatic heterocycles. The average molecular weight is 249 g/mol. The quantitative estimate of drug-likeness (QED) is 0.755. The molecule has 0 aliphatic carbocycles. The Morgan fingerprint density at radius 2 is 1.94 bits per heavy atom. The maximum absolute atomic E-state index is 12.2. The number of hydrogen-bond donors (Lipinski definition) is 1. The maximum Gasteiger partial charge on any atom is 0.168 e. The monoisotopic (exact) mass is 249 g/mol. The average Bonchev–Trinajstić information content (AvgIpc) is 2.28. The molecule has 0 radical (unpaired) electrons. The minimum atomic E-state index is 0.0742. The summed E-state index contributed by atoms with van der Waals surface area (Å²) >= 11 is 0. The van der Waals surface area contributed by atoms with Crippen LogP contribution in [0.25, 0.3) is 0 Å². The lowest BCUT2D eigenvalue weighted by atomic mass is 10.0. The Kier molecular flexibility index (Phi) is 5.86. The third kappa shape index (κ3) is 4.49. The van der Waals surface area contributed by atoms with Crippen molar-refractivity contribution < 1.29 is 9.53 Å². The lowest BCUT2D eigenvalue weighted by molar-refractivity contribution is 0.0966. The van der Waals surface area contributed by atoms with Crippen molar-refractivity contribution in [3.05, 3.63) is 29.8 Å². The van der Waals surface area contributed by atoms with E-state index in [4.69, 9.17) is 4.74 Å². The first-order chi connectivity index (χ1) is 8.54. The van der Waals surface area contributed by atoms with Gasteiger partial charge in [-0.2, -0.15) is 0 Å². The summed E-state index contributed by atoms with van der Waals surface area (Å²) in [5.41, 5.74) is 0.677. The van der Waals surface area contributed by atoms with Crippen molar-refractivity contribution in [2.45, 2.75) is 46.3 Å². The van der Waals surface area contributed by atoms with Gasteiger partial charge in [-0.1, -0.05) is 19.1 Å². The fourth-order valence-corrected chi connectivity index (χ4v) is 1.86. The Bertz CT molecular complexity index is 388. The van der Waals surface area contributed by atoms with Gasteiger partial charge in [-0.3, -0.25) is 4.79 Å². The fraction of sp³-hybridized carbons (Fsp3) is 0.533. The molecule has 0 aromatic heterocycles. The van der Waals surface area contributed by atoms with E-state index in [1.165, 1.54) is 0 Å². The predicted octanol–water partition coefficient (Wildman–Crippen LogP) is 3.04. The topological polar surface area (TPSA) is 38.3 Å². The normalized spacial score (nSPS) is 12.5. The number of benzene rings is 1. The van der Waals surface area contributed by atoms with E-state index >= 15 is 0 Å². The molecule has 1 atom stereocenters. The van der Waals surface area contributed by atoms with Crippen LogP contribution in [0.3, 0.4) is 0 Å². The highest BCUT2D eigenvalue weighted by Crippen LogP contribution is 2.21. The lowest BCUT2D eigenvalue weighted by Gasteiger charge is -2.15. The van der Waals surface area contributed by atoms with Crippen LogP contribution in [0.4, 0.5) is 0 Å². The number of carbonyl (C=O) groups is 1. The molecule has 1 unspecified atom stereocenters. The molecule has 0 heterocycles. The molecule has 1 N–H and O–H groups in total. The third-order valence-corrected chi connectivity index (χ3v) is 2.59. The van der Waals surface area contributed by atoms with Crippen molar-refractivity contribution in [2.75, 3.05) is 6.54 Å². The fourth-order valence-electron chi connectivity index (χ4n) is 1.86. The van der Waals surface area contributed by atoms with E-state index in [1.54, 1.807) is 0 Å². The number of rotatable bonds is 7. The molecule has 1 rings (SSSR count). The van der Waals surface area contributed by atoms with Gasteiger partial charge in [-0.25, -0.2) is 0 Å². The molecule has 3 heteroatoms. The van der Waals surface area contributed by atoms with Crippen LogP contribution in [-0.2, 0) is 0 Å². The number of para-hydroxylation sites is 1.